The van der Waals surface area contributed by atoms with E-state index in [-0.39, 0.29) is 10.6 Å². The van der Waals surface area contributed by atoms with Crippen LogP contribution in [-0.4, -0.2) is 49.8 Å². The van der Waals surface area contributed by atoms with Gasteiger partial charge in [-0.25, -0.2) is 8.42 Å². The van der Waals surface area contributed by atoms with Crippen LogP contribution in [0.1, 0.15) is 13.8 Å². The summed E-state index contributed by atoms with van der Waals surface area (Å²) >= 11 is 6.62. The molecule has 8 heteroatoms. The van der Waals surface area contributed by atoms with Gasteiger partial charge in [0.05, 0.1) is 5.69 Å². The fourth-order valence-electron chi connectivity index (χ4n) is 2.44. The van der Waals surface area contributed by atoms with Crippen LogP contribution in [0.3, 0.4) is 0 Å². The molecule has 2 rings (SSSR count). The SMILES string of the molecule is CC(C)N1CCN(S(=O)(=O)c2c(N)cc(Br)cc2Br)CC1. The van der Waals surface area contributed by atoms with E-state index in [0.29, 0.717) is 23.6 Å². The van der Waals surface area contributed by atoms with E-state index in [1.54, 1.807) is 12.1 Å². The molecule has 0 atom stereocenters. The van der Waals surface area contributed by atoms with Crippen molar-refractivity contribution in [2.45, 2.75) is 24.8 Å². The molecule has 1 aromatic rings. The molecule has 2 N–H and O–H groups in total. The Kier molecular flexibility index (Phi) is 5.36. The smallest absolute Gasteiger partial charge is 0.246 e. The Bertz CT molecular complexity index is 603. The molecule has 0 unspecified atom stereocenters. The van der Waals surface area contributed by atoms with Crippen molar-refractivity contribution >= 4 is 47.6 Å². The second-order valence-electron chi connectivity index (χ2n) is 5.34. The predicted molar refractivity (Wildman–Crippen MR) is 91.7 cm³/mol. The van der Waals surface area contributed by atoms with Crippen LogP contribution in [-0.2, 0) is 10.0 Å². The second kappa shape index (κ2) is 6.54. The van der Waals surface area contributed by atoms with Crippen molar-refractivity contribution in [3.8, 4) is 0 Å². The Balaban J connectivity index is 2.28. The summed E-state index contributed by atoms with van der Waals surface area (Å²) in [6.45, 7) is 6.70. The van der Waals surface area contributed by atoms with E-state index in [9.17, 15) is 8.42 Å². The highest BCUT2D eigenvalue weighted by molar-refractivity contribution is 9.11. The summed E-state index contributed by atoms with van der Waals surface area (Å²) in [7, 11) is -3.58. The molecule has 1 saturated heterocycles. The van der Waals surface area contributed by atoms with Gasteiger partial charge < -0.3 is 5.73 Å². The normalized spacial score (nSPS) is 18.3. The highest BCUT2D eigenvalue weighted by Crippen LogP contribution is 2.34. The third kappa shape index (κ3) is 3.61. The lowest BCUT2D eigenvalue weighted by atomic mass is 10.3. The van der Waals surface area contributed by atoms with E-state index in [1.807, 2.05) is 0 Å². The molecule has 0 aliphatic carbocycles. The minimum absolute atomic E-state index is 0.156. The first kappa shape index (κ1) is 17.2. The maximum absolute atomic E-state index is 12.8. The Morgan fingerprint density at radius 3 is 2.19 bits per heavy atom. The molecule has 0 radical (unpaired) electrons. The molecule has 5 nitrogen and oxygen atoms in total. The highest BCUT2D eigenvalue weighted by Gasteiger charge is 2.32. The lowest BCUT2D eigenvalue weighted by Gasteiger charge is -2.36. The van der Waals surface area contributed by atoms with Crippen molar-refractivity contribution in [2.24, 2.45) is 0 Å². The monoisotopic (exact) mass is 439 g/mol. The fraction of sp³-hybridized carbons (Fsp3) is 0.538. The number of nitrogen functional groups attached to an aromatic ring is 1. The van der Waals surface area contributed by atoms with Crippen LogP contribution < -0.4 is 5.73 Å². The van der Waals surface area contributed by atoms with Crippen molar-refractivity contribution in [1.29, 1.82) is 0 Å². The van der Waals surface area contributed by atoms with Gasteiger partial charge >= 0.3 is 0 Å². The molecule has 1 aliphatic rings. The minimum atomic E-state index is -3.58. The topological polar surface area (TPSA) is 66.6 Å². The van der Waals surface area contributed by atoms with Crippen LogP contribution in [0, 0.1) is 0 Å². The summed E-state index contributed by atoms with van der Waals surface area (Å²) in [6, 6.07) is 3.75. The summed E-state index contributed by atoms with van der Waals surface area (Å²) in [6.07, 6.45) is 0. The van der Waals surface area contributed by atoms with Crippen molar-refractivity contribution in [2.75, 3.05) is 31.9 Å². The van der Waals surface area contributed by atoms with Gasteiger partial charge in [-0.2, -0.15) is 4.31 Å². The van der Waals surface area contributed by atoms with E-state index in [1.165, 1.54) is 4.31 Å². The lowest BCUT2D eigenvalue weighted by molar-refractivity contribution is 0.154. The van der Waals surface area contributed by atoms with Gasteiger partial charge in [0, 0.05) is 41.2 Å². The Hall–Kier alpha value is -0.150. The number of anilines is 1. The number of benzene rings is 1. The van der Waals surface area contributed by atoms with Crippen LogP contribution in [0.15, 0.2) is 26.0 Å². The summed E-state index contributed by atoms with van der Waals surface area (Å²) < 4.78 is 28.3. The van der Waals surface area contributed by atoms with Gasteiger partial charge in [-0.3, -0.25) is 4.90 Å². The molecule has 0 bridgehead atoms. The Morgan fingerprint density at radius 1 is 1.14 bits per heavy atom. The molecule has 1 aliphatic heterocycles. The van der Waals surface area contributed by atoms with E-state index < -0.39 is 10.0 Å². The van der Waals surface area contributed by atoms with E-state index >= 15 is 0 Å². The van der Waals surface area contributed by atoms with Crippen molar-refractivity contribution < 1.29 is 8.42 Å². The maximum Gasteiger partial charge on any atom is 0.246 e. The minimum Gasteiger partial charge on any atom is -0.398 e. The Labute approximate surface area is 142 Å². The average molecular weight is 441 g/mol. The number of sulfonamides is 1. The Morgan fingerprint density at radius 2 is 1.71 bits per heavy atom. The average Bonchev–Trinajstić information content (AvgIpc) is 2.37. The molecular weight excluding hydrogens is 422 g/mol. The standard InChI is InChI=1S/C13H19Br2N3O2S/c1-9(2)17-3-5-18(6-4-17)21(19,20)13-11(15)7-10(14)8-12(13)16/h7-9H,3-6,16H2,1-2H3. The molecule has 1 heterocycles. The molecule has 0 aromatic heterocycles. The number of piperazine rings is 1. The number of hydrogen-bond acceptors (Lipinski definition) is 4. The zero-order valence-electron chi connectivity index (χ0n) is 12.0. The summed E-state index contributed by atoms with van der Waals surface area (Å²) in [5.74, 6) is 0. The van der Waals surface area contributed by atoms with Crippen LogP contribution in [0.25, 0.3) is 0 Å². The number of nitrogens with zero attached hydrogens (tertiary/aromatic N) is 2. The maximum atomic E-state index is 12.8. The predicted octanol–water partition coefficient (Wildman–Crippen LogP) is 2.51. The zero-order chi connectivity index (χ0) is 15.8. The summed E-state index contributed by atoms with van der Waals surface area (Å²) in [5.41, 5.74) is 6.17. The highest BCUT2D eigenvalue weighted by atomic mass is 79.9. The van der Waals surface area contributed by atoms with Crippen LogP contribution in [0.2, 0.25) is 0 Å². The van der Waals surface area contributed by atoms with E-state index in [4.69, 9.17) is 5.73 Å². The number of nitrogens with two attached hydrogens (primary N) is 1. The van der Waals surface area contributed by atoms with Crippen molar-refractivity contribution in [3.63, 3.8) is 0 Å². The van der Waals surface area contributed by atoms with Gasteiger partial charge in [-0.15, -0.1) is 0 Å². The second-order valence-corrected chi connectivity index (χ2v) is 8.98. The van der Waals surface area contributed by atoms with Crippen LogP contribution in [0.4, 0.5) is 5.69 Å². The molecular formula is C13H19Br2N3O2S. The zero-order valence-corrected chi connectivity index (χ0v) is 16.0. The summed E-state index contributed by atoms with van der Waals surface area (Å²) in [5, 5.41) is 0. The van der Waals surface area contributed by atoms with E-state index in [2.05, 4.69) is 50.6 Å². The third-order valence-electron chi connectivity index (χ3n) is 3.64. The van der Waals surface area contributed by atoms with Crippen molar-refractivity contribution in [1.82, 2.24) is 9.21 Å². The van der Waals surface area contributed by atoms with Crippen LogP contribution >= 0.6 is 31.9 Å². The summed E-state index contributed by atoms with van der Waals surface area (Å²) in [4.78, 5) is 2.43. The van der Waals surface area contributed by atoms with Crippen molar-refractivity contribution in [3.05, 3.63) is 21.1 Å². The quantitative estimate of drug-likeness (QED) is 0.733. The molecule has 0 amide bonds. The first-order valence-corrected chi connectivity index (χ1v) is 9.75. The van der Waals surface area contributed by atoms with Gasteiger partial charge in [0.15, 0.2) is 0 Å². The fourth-order valence-corrected chi connectivity index (χ4v) is 5.88. The lowest BCUT2D eigenvalue weighted by Crippen LogP contribution is -2.50. The van der Waals surface area contributed by atoms with Gasteiger partial charge in [0.2, 0.25) is 10.0 Å². The molecule has 21 heavy (non-hydrogen) atoms. The number of halogens is 2. The van der Waals surface area contributed by atoms with Gasteiger partial charge in [0.1, 0.15) is 4.90 Å². The van der Waals surface area contributed by atoms with Crippen LogP contribution in [0.5, 0.6) is 0 Å². The number of rotatable bonds is 3. The molecule has 1 fully saturated rings. The molecule has 118 valence electrons. The first-order valence-electron chi connectivity index (χ1n) is 6.72. The first-order chi connectivity index (χ1) is 9.73. The molecule has 1 aromatic carbocycles. The van der Waals surface area contributed by atoms with Gasteiger partial charge in [-0.1, -0.05) is 15.9 Å². The third-order valence-corrected chi connectivity index (χ3v) is 7.00. The van der Waals surface area contributed by atoms with Gasteiger partial charge in [0.25, 0.3) is 0 Å². The molecule has 0 spiro atoms. The van der Waals surface area contributed by atoms with Gasteiger partial charge in [-0.05, 0) is 41.9 Å². The largest absolute Gasteiger partial charge is 0.398 e. The van der Waals surface area contributed by atoms with E-state index in [0.717, 1.165) is 17.6 Å². The number of hydrogen-bond donors (Lipinski definition) is 1. The molecule has 0 saturated carbocycles.